The number of primary sulfonamides is 1. The van der Waals surface area contributed by atoms with E-state index >= 15 is 0 Å². The number of nitrogens with two attached hydrogens (primary N) is 1. The van der Waals surface area contributed by atoms with Gasteiger partial charge in [-0.15, -0.1) is 11.8 Å². The van der Waals surface area contributed by atoms with E-state index in [0.29, 0.717) is 18.7 Å². The predicted molar refractivity (Wildman–Crippen MR) is 135 cm³/mol. The summed E-state index contributed by atoms with van der Waals surface area (Å²) in [5, 5.41) is 10.6. The molecule has 3 aromatic carbocycles. The van der Waals surface area contributed by atoms with E-state index in [1.165, 1.54) is 23.9 Å². The lowest BCUT2D eigenvalue weighted by Gasteiger charge is -2.18. The summed E-state index contributed by atoms with van der Waals surface area (Å²) in [7, 11) is -3.75. The molecule has 0 aliphatic rings. The maximum Gasteiger partial charge on any atom is 0.408 e. The second-order valence-electron chi connectivity index (χ2n) is 7.61. The van der Waals surface area contributed by atoms with E-state index in [4.69, 9.17) is 9.88 Å². The van der Waals surface area contributed by atoms with Gasteiger partial charge in [-0.1, -0.05) is 60.7 Å². The van der Waals surface area contributed by atoms with Crippen LogP contribution in [-0.2, 0) is 32.6 Å². The number of thioether (sulfide) groups is 1. The van der Waals surface area contributed by atoms with Crippen molar-refractivity contribution in [2.45, 2.75) is 28.9 Å². The maximum atomic E-state index is 12.9. The summed E-state index contributed by atoms with van der Waals surface area (Å²) in [4.78, 5) is 26.2. The number of hydrogen-bond acceptors (Lipinski definition) is 6. The first-order valence-electron chi connectivity index (χ1n) is 10.9. The van der Waals surface area contributed by atoms with Crippen LogP contribution >= 0.6 is 11.8 Å². The molecule has 35 heavy (non-hydrogen) atoms. The molecule has 3 aromatic rings. The molecule has 0 aliphatic heterocycles. The molecule has 4 N–H and O–H groups in total. The standard InChI is InChI=1S/C25H27N3O5S2/c26-35(31,32)22-13-11-19(12-14-22)15-16-27-24(29)23(18-34-21-9-5-2-6-10-21)28-25(30)33-17-20-7-3-1-4-8-20/h1-14,23H,15-18H2,(H,27,29)(H,28,30)(H2,26,31,32)/t23-/m1/s1. The molecule has 184 valence electrons. The summed E-state index contributed by atoms with van der Waals surface area (Å²) >= 11 is 1.45. The number of carbonyl (C=O) groups is 2. The van der Waals surface area contributed by atoms with Crippen LogP contribution in [0.25, 0.3) is 0 Å². The van der Waals surface area contributed by atoms with Crippen LogP contribution in [-0.4, -0.2) is 38.8 Å². The number of hydrogen-bond donors (Lipinski definition) is 3. The van der Waals surface area contributed by atoms with Crippen LogP contribution in [0.4, 0.5) is 4.79 Å². The molecule has 10 heteroatoms. The van der Waals surface area contributed by atoms with Crippen LogP contribution in [0.2, 0.25) is 0 Å². The van der Waals surface area contributed by atoms with Gasteiger partial charge in [0.05, 0.1) is 4.90 Å². The Morgan fingerprint density at radius 1 is 0.886 bits per heavy atom. The summed E-state index contributed by atoms with van der Waals surface area (Å²) in [6.07, 6.45) is -0.200. The Labute approximate surface area is 209 Å². The number of alkyl carbamates (subject to hydrolysis) is 1. The maximum absolute atomic E-state index is 12.9. The van der Waals surface area contributed by atoms with Crippen molar-refractivity contribution in [3.63, 3.8) is 0 Å². The van der Waals surface area contributed by atoms with Gasteiger partial charge in [0, 0.05) is 17.2 Å². The van der Waals surface area contributed by atoms with Gasteiger partial charge in [0.25, 0.3) is 0 Å². The molecule has 0 spiro atoms. The second-order valence-corrected chi connectivity index (χ2v) is 10.3. The van der Waals surface area contributed by atoms with E-state index in [-0.39, 0.29) is 17.4 Å². The van der Waals surface area contributed by atoms with E-state index < -0.39 is 22.2 Å². The third-order valence-electron chi connectivity index (χ3n) is 4.95. The van der Waals surface area contributed by atoms with Crippen LogP contribution < -0.4 is 15.8 Å². The Morgan fingerprint density at radius 3 is 2.14 bits per heavy atom. The Balaban J connectivity index is 1.55. The first kappa shape index (κ1) is 26.3. The number of benzene rings is 3. The highest BCUT2D eigenvalue weighted by Crippen LogP contribution is 2.18. The highest BCUT2D eigenvalue weighted by Gasteiger charge is 2.22. The minimum absolute atomic E-state index is 0.0292. The van der Waals surface area contributed by atoms with Crippen LogP contribution in [0.3, 0.4) is 0 Å². The van der Waals surface area contributed by atoms with E-state index in [9.17, 15) is 18.0 Å². The van der Waals surface area contributed by atoms with Crippen molar-refractivity contribution in [2.24, 2.45) is 5.14 Å². The van der Waals surface area contributed by atoms with Crippen LogP contribution in [0.5, 0.6) is 0 Å². The van der Waals surface area contributed by atoms with Crippen LogP contribution in [0.1, 0.15) is 11.1 Å². The predicted octanol–water partition coefficient (Wildman–Crippen LogP) is 3.08. The molecule has 0 unspecified atom stereocenters. The van der Waals surface area contributed by atoms with Gasteiger partial charge in [0.1, 0.15) is 12.6 Å². The fourth-order valence-electron chi connectivity index (χ4n) is 3.09. The molecule has 0 aromatic heterocycles. The SMILES string of the molecule is NS(=O)(=O)c1ccc(CCNC(=O)[C@@H](CSc2ccccc2)NC(=O)OCc2ccccc2)cc1. The molecule has 0 saturated carbocycles. The summed E-state index contributed by atoms with van der Waals surface area (Å²) in [6.45, 7) is 0.405. The molecule has 0 aliphatic carbocycles. The van der Waals surface area contributed by atoms with Crippen molar-refractivity contribution in [3.8, 4) is 0 Å². The van der Waals surface area contributed by atoms with Gasteiger partial charge in [0.2, 0.25) is 15.9 Å². The third-order valence-corrected chi connectivity index (χ3v) is 6.98. The number of amides is 2. The molecule has 0 radical (unpaired) electrons. The molecular formula is C25H27N3O5S2. The van der Waals surface area contributed by atoms with Crippen molar-refractivity contribution >= 4 is 33.8 Å². The minimum atomic E-state index is -3.75. The molecule has 0 fully saturated rings. The van der Waals surface area contributed by atoms with Crippen LogP contribution in [0, 0.1) is 0 Å². The first-order valence-corrected chi connectivity index (χ1v) is 13.4. The smallest absolute Gasteiger partial charge is 0.408 e. The number of carbonyl (C=O) groups excluding carboxylic acids is 2. The molecule has 2 amide bonds. The van der Waals surface area contributed by atoms with Gasteiger partial charge in [-0.25, -0.2) is 18.4 Å². The van der Waals surface area contributed by atoms with E-state index in [1.807, 2.05) is 60.7 Å². The Hall–Kier alpha value is -3.34. The van der Waals surface area contributed by atoms with Gasteiger partial charge in [-0.2, -0.15) is 0 Å². The van der Waals surface area contributed by atoms with Gasteiger partial charge in [-0.05, 0) is 41.8 Å². The van der Waals surface area contributed by atoms with E-state index in [2.05, 4.69) is 10.6 Å². The number of sulfonamides is 1. The van der Waals surface area contributed by atoms with E-state index in [1.54, 1.807) is 12.1 Å². The molecule has 1 atom stereocenters. The monoisotopic (exact) mass is 513 g/mol. The topological polar surface area (TPSA) is 128 Å². The molecule has 8 nitrogen and oxygen atoms in total. The fraction of sp³-hybridized carbons (Fsp3) is 0.200. The zero-order valence-corrected chi connectivity index (χ0v) is 20.6. The Kier molecular flexibility index (Phi) is 9.71. The lowest BCUT2D eigenvalue weighted by atomic mass is 10.1. The van der Waals surface area contributed by atoms with Crippen molar-refractivity contribution in [2.75, 3.05) is 12.3 Å². The summed E-state index contributed by atoms with van der Waals surface area (Å²) in [6, 6.07) is 24.2. The van der Waals surface area contributed by atoms with Crippen molar-refractivity contribution in [3.05, 3.63) is 96.1 Å². The molecule has 0 saturated heterocycles. The zero-order chi connectivity index (χ0) is 25.1. The lowest BCUT2D eigenvalue weighted by molar-refractivity contribution is -0.122. The second kappa shape index (κ2) is 12.9. The van der Waals surface area contributed by atoms with Gasteiger partial charge >= 0.3 is 6.09 Å². The molecule has 3 rings (SSSR count). The van der Waals surface area contributed by atoms with Crippen molar-refractivity contribution in [1.29, 1.82) is 0 Å². The van der Waals surface area contributed by atoms with Crippen molar-refractivity contribution in [1.82, 2.24) is 10.6 Å². The molecule has 0 bridgehead atoms. The Morgan fingerprint density at radius 2 is 1.51 bits per heavy atom. The highest BCUT2D eigenvalue weighted by atomic mass is 32.2. The summed E-state index contributed by atoms with van der Waals surface area (Å²) < 4.78 is 28.0. The molecule has 0 heterocycles. The van der Waals surface area contributed by atoms with E-state index in [0.717, 1.165) is 16.0 Å². The Bertz CT molecular complexity index is 1200. The number of rotatable bonds is 11. The fourth-order valence-corrected chi connectivity index (χ4v) is 4.54. The quantitative estimate of drug-likeness (QED) is 0.338. The lowest BCUT2D eigenvalue weighted by Crippen LogP contribution is -2.48. The summed E-state index contributed by atoms with van der Waals surface area (Å²) in [5.74, 6) is -0.0226. The largest absolute Gasteiger partial charge is 0.445 e. The number of ether oxygens (including phenoxy) is 1. The van der Waals surface area contributed by atoms with Gasteiger partial charge < -0.3 is 15.4 Å². The van der Waals surface area contributed by atoms with Crippen molar-refractivity contribution < 1.29 is 22.7 Å². The average Bonchev–Trinajstić information content (AvgIpc) is 2.86. The van der Waals surface area contributed by atoms with Gasteiger partial charge in [0.15, 0.2) is 0 Å². The highest BCUT2D eigenvalue weighted by molar-refractivity contribution is 7.99. The van der Waals surface area contributed by atoms with Gasteiger partial charge in [-0.3, -0.25) is 4.79 Å². The third kappa shape index (κ3) is 9.08. The minimum Gasteiger partial charge on any atom is -0.445 e. The number of nitrogens with one attached hydrogen (secondary N) is 2. The summed E-state index contributed by atoms with van der Waals surface area (Å²) in [5.41, 5.74) is 1.68. The zero-order valence-electron chi connectivity index (χ0n) is 18.9. The normalized spacial score (nSPS) is 11.9. The first-order chi connectivity index (χ1) is 16.8. The average molecular weight is 514 g/mol. The van der Waals surface area contributed by atoms with Crippen LogP contribution in [0.15, 0.2) is 94.7 Å². The molecular weight excluding hydrogens is 486 g/mol.